The molecule has 1 fully saturated rings. The number of nitrogens with one attached hydrogen (secondary N) is 2. The standard InChI is InChI=1S/C13H21N3O3/c1-4-14-12-7-18-6-11(12)13(17)15-5-10-8(2)16-19-9(10)3/h11-12,14H,4-7H2,1-3H3,(H,15,17). The summed E-state index contributed by atoms with van der Waals surface area (Å²) in [5.74, 6) is 0.646. The summed E-state index contributed by atoms with van der Waals surface area (Å²) < 4.78 is 10.4. The van der Waals surface area contributed by atoms with Crippen LogP contribution in [0.4, 0.5) is 0 Å². The molecule has 1 aromatic rings. The number of carbonyl (C=O) groups excluding carboxylic acids is 1. The number of likely N-dealkylation sites (N-methyl/N-ethyl adjacent to an activating group) is 1. The van der Waals surface area contributed by atoms with Crippen LogP contribution in [0.1, 0.15) is 23.9 Å². The second-order valence-corrected chi connectivity index (χ2v) is 4.83. The molecule has 1 aliphatic rings. The molecule has 1 aromatic heterocycles. The lowest BCUT2D eigenvalue weighted by Crippen LogP contribution is -2.43. The number of rotatable bonds is 5. The highest BCUT2D eigenvalue weighted by Gasteiger charge is 2.33. The van der Waals surface area contributed by atoms with Crippen molar-refractivity contribution >= 4 is 5.91 Å². The Morgan fingerprint density at radius 2 is 2.21 bits per heavy atom. The highest BCUT2D eigenvalue weighted by Crippen LogP contribution is 2.15. The van der Waals surface area contributed by atoms with Gasteiger partial charge in [0.25, 0.3) is 0 Å². The van der Waals surface area contributed by atoms with Gasteiger partial charge in [-0.05, 0) is 20.4 Å². The summed E-state index contributed by atoms with van der Waals surface area (Å²) in [6.07, 6.45) is 0. The molecule has 106 valence electrons. The molecule has 0 spiro atoms. The van der Waals surface area contributed by atoms with E-state index < -0.39 is 0 Å². The minimum Gasteiger partial charge on any atom is -0.379 e. The number of aromatic nitrogens is 1. The maximum absolute atomic E-state index is 12.2. The molecule has 0 radical (unpaired) electrons. The van der Waals surface area contributed by atoms with Crippen LogP contribution in [0.25, 0.3) is 0 Å². The number of nitrogens with zero attached hydrogens (tertiary/aromatic N) is 1. The molecule has 0 aromatic carbocycles. The molecule has 19 heavy (non-hydrogen) atoms. The van der Waals surface area contributed by atoms with Crippen LogP contribution in [-0.2, 0) is 16.1 Å². The topological polar surface area (TPSA) is 76.4 Å². The van der Waals surface area contributed by atoms with Gasteiger partial charge in [0.05, 0.1) is 24.8 Å². The van der Waals surface area contributed by atoms with Gasteiger partial charge in [-0.15, -0.1) is 0 Å². The maximum Gasteiger partial charge on any atom is 0.227 e. The van der Waals surface area contributed by atoms with Crippen LogP contribution >= 0.6 is 0 Å². The van der Waals surface area contributed by atoms with E-state index in [9.17, 15) is 4.79 Å². The Labute approximate surface area is 112 Å². The zero-order valence-electron chi connectivity index (χ0n) is 11.7. The molecule has 2 heterocycles. The summed E-state index contributed by atoms with van der Waals surface area (Å²) in [5.41, 5.74) is 1.77. The zero-order chi connectivity index (χ0) is 13.8. The van der Waals surface area contributed by atoms with Crippen molar-refractivity contribution in [1.82, 2.24) is 15.8 Å². The van der Waals surface area contributed by atoms with Crippen LogP contribution in [0, 0.1) is 19.8 Å². The fourth-order valence-electron chi connectivity index (χ4n) is 2.34. The fourth-order valence-corrected chi connectivity index (χ4v) is 2.34. The molecular weight excluding hydrogens is 246 g/mol. The molecule has 0 bridgehead atoms. The van der Waals surface area contributed by atoms with Crippen molar-refractivity contribution in [3.05, 3.63) is 17.0 Å². The van der Waals surface area contributed by atoms with E-state index in [-0.39, 0.29) is 17.9 Å². The van der Waals surface area contributed by atoms with Gasteiger partial charge in [0.1, 0.15) is 5.76 Å². The van der Waals surface area contributed by atoms with Gasteiger partial charge in [-0.3, -0.25) is 4.79 Å². The average Bonchev–Trinajstić information content (AvgIpc) is 2.96. The molecule has 0 saturated carbocycles. The largest absolute Gasteiger partial charge is 0.379 e. The lowest BCUT2D eigenvalue weighted by molar-refractivity contribution is -0.125. The number of hydrogen-bond donors (Lipinski definition) is 2. The van der Waals surface area contributed by atoms with E-state index >= 15 is 0 Å². The second kappa shape index (κ2) is 6.16. The third kappa shape index (κ3) is 3.13. The van der Waals surface area contributed by atoms with Crippen molar-refractivity contribution in [2.24, 2.45) is 5.92 Å². The minimum absolute atomic E-state index is 0.0171. The van der Waals surface area contributed by atoms with Gasteiger partial charge >= 0.3 is 0 Å². The number of carbonyl (C=O) groups is 1. The fraction of sp³-hybridized carbons (Fsp3) is 0.692. The Hall–Kier alpha value is -1.40. The van der Waals surface area contributed by atoms with Crippen LogP contribution in [0.15, 0.2) is 4.52 Å². The van der Waals surface area contributed by atoms with E-state index in [0.29, 0.717) is 19.8 Å². The van der Waals surface area contributed by atoms with Crippen molar-refractivity contribution in [2.75, 3.05) is 19.8 Å². The minimum atomic E-state index is -0.125. The molecule has 2 rings (SSSR count). The summed E-state index contributed by atoms with van der Waals surface area (Å²) in [7, 11) is 0. The molecule has 1 amide bonds. The first-order valence-electron chi connectivity index (χ1n) is 6.64. The molecular formula is C13H21N3O3. The third-order valence-corrected chi connectivity index (χ3v) is 3.50. The molecule has 2 atom stereocenters. The van der Waals surface area contributed by atoms with Gasteiger partial charge in [0.2, 0.25) is 5.91 Å². The second-order valence-electron chi connectivity index (χ2n) is 4.83. The summed E-state index contributed by atoms with van der Waals surface area (Å²) in [4.78, 5) is 12.2. The summed E-state index contributed by atoms with van der Waals surface area (Å²) in [6, 6.07) is 0.106. The first-order valence-corrected chi connectivity index (χ1v) is 6.64. The van der Waals surface area contributed by atoms with Gasteiger partial charge < -0.3 is 19.9 Å². The first kappa shape index (κ1) is 14.0. The SMILES string of the molecule is CCNC1COCC1C(=O)NCc1c(C)noc1C. The molecule has 6 heteroatoms. The maximum atomic E-state index is 12.2. The summed E-state index contributed by atoms with van der Waals surface area (Å²) in [6.45, 7) is 8.11. The number of aryl methyl sites for hydroxylation is 2. The lowest BCUT2D eigenvalue weighted by Gasteiger charge is -2.17. The van der Waals surface area contributed by atoms with Crippen LogP contribution in [0.5, 0.6) is 0 Å². The van der Waals surface area contributed by atoms with Crippen LogP contribution in [0.2, 0.25) is 0 Å². The average molecular weight is 267 g/mol. The highest BCUT2D eigenvalue weighted by atomic mass is 16.5. The molecule has 2 unspecified atom stereocenters. The Morgan fingerprint density at radius 1 is 1.42 bits per heavy atom. The third-order valence-electron chi connectivity index (χ3n) is 3.50. The van der Waals surface area contributed by atoms with E-state index in [4.69, 9.17) is 9.26 Å². The van der Waals surface area contributed by atoms with Gasteiger partial charge in [0.15, 0.2) is 0 Å². The van der Waals surface area contributed by atoms with E-state index in [0.717, 1.165) is 23.6 Å². The number of amides is 1. The number of ether oxygens (including phenoxy) is 1. The van der Waals surface area contributed by atoms with Crippen molar-refractivity contribution in [3.8, 4) is 0 Å². The van der Waals surface area contributed by atoms with Crippen LogP contribution in [-0.4, -0.2) is 36.9 Å². The highest BCUT2D eigenvalue weighted by molar-refractivity contribution is 5.79. The van der Waals surface area contributed by atoms with Crippen molar-refractivity contribution in [2.45, 2.75) is 33.4 Å². The zero-order valence-corrected chi connectivity index (χ0v) is 11.7. The van der Waals surface area contributed by atoms with E-state index in [1.807, 2.05) is 20.8 Å². The predicted molar refractivity (Wildman–Crippen MR) is 69.6 cm³/mol. The quantitative estimate of drug-likeness (QED) is 0.814. The summed E-state index contributed by atoms with van der Waals surface area (Å²) in [5, 5.41) is 10.1. The van der Waals surface area contributed by atoms with Crippen molar-refractivity contribution in [3.63, 3.8) is 0 Å². The van der Waals surface area contributed by atoms with Gasteiger partial charge in [0, 0.05) is 18.2 Å². The van der Waals surface area contributed by atoms with Gasteiger partial charge in [-0.25, -0.2) is 0 Å². The van der Waals surface area contributed by atoms with Gasteiger partial charge in [-0.1, -0.05) is 12.1 Å². The molecule has 0 aliphatic carbocycles. The Morgan fingerprint density at radius 3 is 2.84 bits per heavy atom. The van der Waals surface area contributed by atoms with Crippen molar-refractivity contribution in [1.29, 1.82) is 0 Å². The Balaban J connectivity index is 1.91. The molecule has 1 saturated heterocycles. The monoisotopic (exact) mass is 267 g/mol. The van der Waals surface area contributed by atoms with E-state index in [2.05, 4.69) is 15.8 Å². The molecule has 2 N–H and O–H groups in total. The molecule has 6 nitrogen and oxygen atoms in total. The van der Waals surface area contributed by atoms with Gasteiger partial charge in [-0.2, -0.15) is 0 Å². The first-order chi connectivity index (χ1) is 9.13. The number of hydrogen-bond acceptors (Lipinski definition) is 5. The Kier molecular flexibility index (Phi) is 4.55. The predicted octanol–water partition coefficient (Wildman–Crippen LogP) is 0.532. The van der Waals surface area contributed by atoms with E-state index in [1.165, 1.54) is 0 Å². The Bertz CT molecular complexity index is 425. The smallest absolute Gasteiger partial charge is 0.227 e. The van der Waals surface area contributed by atoms with E-state index in [1.54, 1.807) is 0 Å². The summed E-state index contributed by atoms with van der Waals surface area (Å²) >= 11 is 0. The lowest BCUT2D eigenvalue weighted by atomic mass is 10.0. The van der Waals surface area contributed by atoms with Crippen molar-refractivity contribution < 1.29 is 14.1 Å². The molecule has 1 aliphatic heterocycles. The normalized spacial score (nSPS) is 22.7. The van der Waals surface area contributed by atoms with Crippen LogP contribution < -0.4 is 10.6 Å². The van der Waals surface area contributed by atoms with Crippen LogP contribution in [0.3, 0.4) is 0 Å².